The van der Waals surface area contributed by atoms with Gasteiger partial charge in [0.15, 0.2) is 5.82 Å². The van der Waals surface area contributed by atoms with E-state index in [0.29, 0.717) is 30.3 Å². The molecule has 0 bridgehead atoms. The molecular weight excluding hydrogens is 427 g/mol. The van der Waals surface area contributed by atoms with Gasteiger partial charge in [-0.2, -0.15) is 4.98 Å². The van der Waals surface area contributed by atoms with E-state index in [0.717, 1.165) is 0 Å². The van der Waals surface area contributed by atoms with E-state index >= 15 is 0 Å². The number of benzene rings is 1. The first-order valence-corrected chi connectivity index (χ1v) is 9.72. The van der Waals surface area contributed by atoms with E-state index in [-0.39, 0.29) is 36.0 Å². The van der Waals surface area contributed by atoms with Crippen molar-refractivity contribution in [1.82, 2.24) is 15.3 Å². The van der Waals surface area contributed by atoms with Gasteiger partial charge in [0.1, 0.15) is 11.7 Å². The van der Waals surface area contributed by atoms with Crippen molar-refractivity contribution < 1.29 is 24.6 Å². The van der Waals surface area contributed by atoms with E-state index < -0.39 is 23.9 Å². The van der Waals surface area contributed by atoms with Gasteiger partial charge in [-0.3, -0.25) is 19.4 Å². The summed E-state index contributed by atoms with van der Waals surface area (Å²) in [5.41, 5.74) is 6.40. The summed E-state index contributed by atoms with van der Waals surface area (Å²) in [4.78, 5) is 52.6. The van der Waals surface area contributed by atoms with Crippen LogP contribution in [0.2, 0.25) is 0 Å². The van der Waals surface area contributed by atoms with Crippen LogP contribution < -0.4 is 32.6 Å². The molecule has 2 heterocycles. The molecule has 3 rings (SSSR count). The highest BCUT2D eigenvalue weighted by molar-refractivity contribution is 5.96. The van der Waals surface area contributed by atoms with Crippen molar-refractivity contribution in [3.05, 3.63) is 40.2 Å². The third-order valence-corrected chi connectivity index (χ3v) is 4.75. The number of nitrogens with one attached hydrogen (secondary N) is 5. The van der Waals surface area contributed by atoms with Crippen LogP contribution >= 0.6 is 0 Å². The van der Waals surface area contributed by atoms with Crippen LogP contribution in [0.5, 0.6) is 0 Å². The Hall–Kier alpha value is -4.29. The van der Waals surface area contributed by atoms with E-state index in [2.05, 4.69) is 31.2 Å². The first-order valence-electron chi connectivity index (χ1n) is 9.72. The molecule has 0 fully saturated rings. The molecule has 13 heteroatoms. The molecule has 13 nitrogen and oxygen atoms in total. The number of aromatic nitrogens is 2. The Morgan fingerprint density at radius 3 is 2.59 bits per heavy atom. The molecule has 9 N–H and O–H groups in total. The van der Waals surface area contributed by atoms with Crippen molar-refractivity contribution in [3.63, 3.8) is 0 Å². The fourth-order valence-corrected chi connectivity index (χ4v) is 3.10. The van der Waals surface area contributed by atoms with E-state index in [4.69, 9.17) is 15.9 Å². The summed E-state index contributed by atoms with van der Waals surface area (Å²) in [5, 5.41) is 29.5. The third-order valence-electron chi connectivity index (χ3n) is 4.75. The largest absolute Gasteiger partial charge is 0.481 e. The zero-order valence-electron chi connectivity index (χ0n) is 16.8. The number of fused-ring (bicyclic) bond motifs is 1. The Kier molecular flexibility index (Phi) is 6.77. The number of hydrogen-bond acceptors (Lipinski definition) is 9. The molecule has 0 aliphatic carbocycles. The summed E-state index contributed by atoms with van der Waals surface area (Å²) < 4.78 is 0. The Balaban J connectivity index is 1.54. The number of aliphatic carboxylic acids is 2. The number of carboxylic acids is 2. The Labute approximate surface area is 181 Å². The quantitative estimate of drug-likeness (QED) is 0.233. The number of anilines is 4. The number of H-pyrrole nitrogens is 1. The van der Waals surface area contributed by atoms with Gasteiger partial charge in [-0.15, -0.1) is 0 Å². The van der Waals surface area contributed by atoms with Crippen LogP contribution in [0.3, 0.4) is 0 Å². The zero-order chi connectivity index (χ0) is 23.3. The van der Waals surface area contributed by atoms with Gasteiger partial charge in [0.25, 0.3) is 11.5 Å². The molecule has 1 aromatic carbocycles. The molecule has 1 aliphatic rings. The first kappa shape index (κ1) is 22.4. The van der Waals surface area contributed by atoms with Gasteiger partial charge >= 0.3 is 11.9 Å². The van der Waals surface area contributed by atoms with Gasteiger partial charge in [0, 0.05) is 30.8 Å². The lowest BCUT2D eigenvalue weighted by atomic mass is 10.1. The van der Waals surface area contributed by atoms with Crippen LogP contribution in [0, 0.1) is 0 Å². The van der Waals surface area contributed by atoms with Gasteiger partial charge in [-0.05, 0) is 30.7 Å². The van der Waals surface area contributed by atoms with Crippen molar-refractivity contribution in [1.29, 1.82) is 0 Å². The maximum atomic E-state index is 12.3. The maximum absolute atomic E-state index is 12.3. The number of rotatable bonds is 9. The lowest BCUT2D eigenvalue weighted by molar-refractivity contribution is -0.140. The average molecular weight is 450 g/mol. The number of amides is 1. The van der Waals surface area contributed by atoms with Crippen molar-refractivity contribution in [3.8, 4) is 0 Å². The zero-order valence-corrected chi connectivity index (χ0v) is 16.8. The number of aromatic amines is 1. The number of carbonyl (C=O) groups excluding carboxylic acids is 1. The second-order valence-corrected chi connectivity index (χ2v) is 7.15. The predicted octanol–water partition coefficient (Wildman–Crippen LogP) is -0.282. The maximum Gasteiger partial charge on any atom is 0.326 e. The number of carboxylic acid groups (broad SMARTS) is 2. The number of nitrogens with zero attached hydrogens (tertiary/aromatic N) is 1. The van der Waals surface area contributed by atoms with Crippen LogP contribution in [0.15, 0.2) is 29.1 Å². The highest BCUT2D eigenvalue weighted by Gasteiger charge is 2.23. The molecule has 0 radical (unpaired) electrons. The Morgan fingerprint density at radius 2 is 1.94 bits per heavy atom. The molecule has 1 aromatic heterocycles. The van der Waals surface area contributed by atoms with E-state index in [1.807, 2.05) is 0 Å². The molecule has 0 saturated heterocycles. The van der Waals surface area contributed by atoms with Crippen LogP contribution in [0.25, 0.3) is 0 Å². The van der Waals surface area contributed by atoms with E-state index in [9.17, 15) is 19.2 Å². The van der Waals surface area contributed by atoms with E-state index in [1.54, 1.807) is 12.1 Å². The normalized spacial score (nSPS) is 15.4. The molecule has 0 saturated carbocycles. The lowest BCUT2D eigenvalue weighted by Crippen LogP contribution is -2.41. The molecule has 1 unspecified atom stereocenters. The molecular formula is C19H23N7O6. The molecule has 0 spiro atoms. The molecule has 32 heavy (non-hydrogen) atoms. The Bertz CT molecular complexity index is 1070. The number of nitrogens with two attached hydrogens (primary N) is 1. The summed E-state index contributed by atoms with van der Waals surface area (Å²) >= 11 is 0. The molecule has 170 valence electrons. The SMILES string of the molecule is Nc1nc2c(c(=O)[nH]1)NC(CNc1ccc(C(=O)N[13C@@H]([13CH2][13CH2][13C](=O)O)[13C](=O)O)cc1)CN2. The van der Waals surface area contributed by atoms with Gasteiger partial charge in [-0.1, -0.05) is 0 Å². The van der Waals surface area contributed by atoms with Gasteiger partial charge < -0.3 is 37.2 Å². The van der Waals surface area contributed by atoms with Crippen LogP contribution in [0.1, 0.15) is 23.2 Å². The second-order valence-electron chi connectivity index (χ2n) is 7.15. The van der Waals surface area contributed by atoms with Crippen LogP contribution in [-0.4, -0.2) is 63.2 Å². The van der Waals surface area contributed by atoms with Gasteiger partial charge in [0.2, 0.25) is 5.95 Å². The number of hydrogen-bond donors (Lipinski definition) is 8. The Morgan fingerprint density at radius 1 is 1.22 bits per heavy atom. The molecule has 1 amide bonds. The molecule has 2 atom stereocenters. The van der Waals surface area contributed by atoms with Crippen molar-refractivity contribution in [2.24, 2.45) is 0 Å². The smallest absolute Gasteiger partial charge is 0.326 e. The standard InChI is InChI=1S/C19H23N7O6/c20-19-25-15-14(17(30)26-19)23-11(8-22-15)7-21-10-3-1-9(2-4-10)16(29)24-12(18(31)32)5-6-13(27)28/h1-4,11-12,21,23H,5-8H2,(H,24,29)(H,27,28)(H,31,32)(H4,20,22,25,26,30)/t11?,12-/m0/s1/i5+1,6+1,12+1,13+1,18+1. The minimum absolute atomic E-state index is 0.0281. The third kappa shape index (κ3) is 5.65. The van der Waals surface area contributed by atoms with Crippen molar-refractivity contribution >= 4 is 41.0 Å². The first-order chi connectivity index (χ1) is 15.2. The summed E-state index contributed by atoms with van der Waals surface area (Å²) in [7, 11) is 0. The van der Waals surface area contributed by atoms with Crippen molar-refractivity contribution in [2.45, 2.75) is 24.9 Å². The monoisotopic (exact) mass is 450 g/mol. The fraction of sp³-hybridized carbons (Fsp3) is 0.316. The van der Waals surface area contributed by atoms with Gasteiger partial charge in [-0.25, -0.2) is 4.79 Å². The molecule has 1 aliphatic heterocycles. The highest BCUT2D eigenvalue weighted by Crippen LogP contribution is 2.20. The highest BCUT2D eigenvalue weighted by atomic mass is 16.5. The molecule has 2 aromatic rings. The minimum atomic E-state index is -1.30. The van der Waals surface area contributed by atoms with Crippen LogP contribution in [-0.2, 0) is 9.59 Å². The second kappa shape index (κ2) is 9.68. The lowest BCUT2D eigenvalue weighted by Gasteiger charge is -2.27. The minimum Gasteiger partial charge on any atom is -0.481 e. The van der Waals surface area contributed by atoms with E-state index in [1.165, 1.54) is 12.1 Å². The van der Waals surface area contributed by atoms with Crippen LogP contribution in [0.4, 0.5) is 23.1 Å². The fourth-order valence-electron chi connectivity index (χ4n) is 3.10. The number of nitrogen functional groups attached to an aromatic ring is 1. The summed E-state index contributed by atoms with van der Waals surface area (Å²) in [6.07, 6.45) is -0.587. The predicted molar refractivity (Wildman–Crippen MR) is 116 cm³/mol. The van der Waals surface area contributed by atoms with Gasteiger partial charge in [0.05, 0.1) is 6.04 Å². The summed E-state index contributed by atoms with van der Waals surface area (Å²) in [6, 6.07) is 4.93. The topological polar surface area (TPSA) is 212 Å². The summed E-state index contributed by atoms with van der Waals surface area (Å²) in [6.45, 7) is 0.960. The number of carbonyl (C=O) groups is 3. The summed E-state index contributed by atoms with van der Waals surface area (Å²) in [5.74, 6) is -2.64. The average Bonchev–Trinajstić information content (AvgIpc) is 2.75. The van der Waals surface area contributed by atoms with Crippen molar-refractivity contribution in [2.75, 3.05) is 34.8 Å².